The molecule has 2 rings (SSSR count). The van der Waals surface area contributed by atoms with Gasteiger partial charge in [0.1, 0.15) is 5.01 Å². The zero-order valence-corrected chi connectivity index (χ0v) is 11.7. The number of nitrogens with zero attached hydrogens (tertiary/aromatic N) is 3. The summed E-state index contributed by atoms with van der Waals surface area (Å²) in [4.78, 5) is 4.31. The van der Waals surface area contributed by atoms with Gasteiger partial charge >= 0.3 is 0 Å². The molecule has 0 saturated heterocycles. The fraction of sp³-hybridized carbons (Fsp3) is 0.308. The molecule has 0 atom stereocenters. The first-order valence-electron chi connectivity index (χ1n) is 5.90. The van der Waals surface area contributed by atoms with Crippen LogP contribution in [0.5, 0.6) is 0 Å². The molecule has 0 spiro atoms. The highest BCUT2D eigenvalue weighted by Crippen LogP contribution is 2.20. The van der Waals surface area contributed by atoms with Crippen molar-refractivity contribution in [3.8, 4) is 0 Å². The SMILES string of the molecule is CCCCc1nnc(N=Cc2cccc(Cl)c2)s1. The van der Waals surface area contributed by atoms with Gasteiger partial charge in [-0.1, -0.05) is 48.4 Å². The molecule has 0 fully saturated rings. The molecule has 0 amide bonds. The van der Waals surface area contributed by atoms with E-state index in [0.717, 1.165) is 23.4 Å². The predicted molar refractivity (Wildman–Crippen MR) is 77.2 cm³/mol. The summed E-state index contributed by atoms with van der Waals surface area (Å²) < 4.78 is 0. The molecule has 94 valence electrons. The molecule has 3 nitrogen and oxygen atoms in total. The third-order valence-corrected chi connectivity index (χ3v) is 3.50. The molecule has 0 bridgehead atoms. The lowest BCUT2D eigenvalue weighted by Crippen LogP contribution is -1.81. The van der Waals surface area contributed by atoms with Crippen LogP contribution in [0.4, 0.5) is 5.13 Å². The van der Waals surface area contributed by atoms with Crippen LogP contribution in [-0.2, 0) is 6.42 Å². The average Bonchev–Trinajstić information content (AvgIpc) is 2.82. The van der Waals surface area contributed by atoms with Gasteiger partial charge < -0.3 is 0 Å². The van der Waals surface area contributed by atoms with E-state index in [2.05, 4.69) is 22.1 Å². The van der Waals surface area contributed by atoms with Crippen LogP contribution in [0.25, 0.3) is 0 Å². The Labute approximate surface area is 116 Å². The number of aromatic nitrogens is 2. The summed E-state index contributed by atoms with van der Waals surface area (Å²) in [6.07, 6.45) is 5.06. The van der Waals surface area contributed by atoms with E-state index < -0.39 is 0 Å². The summed E-state index contributed by atoms with van der Waals surface area (Å²) in [5.74, 6) is 0. The number of rotatable bonds is 5. The second-order valence-corrected chi connectivity index (χ2v) is 5.37. The first-order chi connectivity index (χ1) is 8.78. The van der Waals surface area contributed by atoms with Crippen LogP contribution in [0.3, 0.4) is 0 Å². The van der Waals surface area contributed by atoms with Crippen LogP contribution in [0.1, 0.15) is 30.3 Å². The molecule has 0 aliphatic heterocycles. The average molecular weight is 280 g/mol. The second kappa shape index (κ2) is 6.61. The first-order valence-corrected chi connectivity index (χ1v) is 7.09. The van der Waals surface area contributed by atoms with Crippen molar-refractivity contribution in [1.29, 1.82) is 0 Å². The maximum atomic E-state index is 5.90. The maximum absolute atomic E-state index is 5.90. The summed E-state index contributed by atoms with van der Waals surface area (Å²) in [6.45, 7) is 2.17. The van der Waals surface area contributed by atoms with Crippen molar-refractivity contribution in [1.82, 2.24) is 10.2 Å². The molecule has 0 saturated carbocycles. The van der Waals surface area contributed by atoms with Crippen molar-refractivity contribution in [2.45, 2.75) is 26.2 Å². The van der Waals surface area contributed by atoms with Crippen LogP contribution in [0, 0.1) is 0 Å². The molecule has 0 aliphatic rings. The number of aliphatic imine (C=N–C) groups is 1. The standard InChI is InChI=1S/C13H14ClN3S/c1-2-3-7-12-16-17-13(18-12)15-9-10-5-4-6-11(14)8-10/h4-6,8-9H,2-3,7H2,1H3. The van der Waals surface area contributed by atoms with Gasteiger partial charge in [-0.3, -0.25) is 0 Å². The minimum atomic E-state index is 0.695. The first kappa shape index (κ1) is 13.2. The molecule has 0 aliphatic carbocycles. The van der Waals surface area contributed by atoms with Gasteiger partial charge in [-0.05, 0) is 24.1 Å². The molecule has 2 aromatic rings. The highest BCUT2D eigenvalue weighted by Gasteiger charge is 2.01. The van der Waals surface area contributed by atoms with E-state index in [9.17, 15) is 0 Å². The van der Waals surface area contributed by atoms with Gasteiger partial charge in [-0.2, -0.15) is 0 Å². The zero-order valence-electron chi connectivity index (χ0n) is 10.1. The Bertz CT molecular complexity index is 537. The zero-order chi connectivity index (χ0) is 12.8. The smallest absolute Gasteiger partial charge is 0.226 e. The summed E-state index contributed by atoms with van der Waals surface area (Å²) in [7, 11) is 0. The lowest BCUT2D eigenvalue weighted by Gasteiger charge is -1.92. The normalized spacial score (nSPS) is 11.2. The third kappa shape index (κ3) is 3.89. The van der Waals surface area contributed by atoms with E-state index in [-0.39, 0.29) is 0 Å². The Balaban J connectivity index is 2.02. The Hall–Kier alpha value is -1.26. The van der Waals surface area contributed by atoms with Gasteiger partial charge in [0, 0.05) is 17.7 Å². The van der Waals surface area contributed by atoms with E-state index in [1.807, 2.05) is 24.3 Å². The van der Waals surface area contributed by atoms with E-state index in [1.54, 1.807) is 17.6 Å². The second-order valence-electron chi connectivity index (χ2n) is 3.90. The molecule has 1 heterocycles. The van der Waals surface area contributed by atoms with E-state index in [0.29, 0.717) is 10.2 Å². The van der Waals surface area contributed by atoms with Gasteiger partial charge in [0.05, 0.1) is 0 Å². The Morgan fingerprint density at radius 1 is 1.39 bits per heavy atom. The molecule has 1 aromatic heterocycles. The van der Waals surface area contributed by atoms with Gasteiger partial charge in [0.25, 0.3) is 0 Å². The van der Waals surface area contributed by atoms with Gasteiger partial charge in [-0.15, -0.1) is 10.2 Å². The number of hydrogen-bond donors (Lipinski definition) is 0. The van der Waals surface area contributed by atoms with Gasteiger partial charge in [0.2, 0.25) is 5.13 Å². The highest BCUT2D eigenvalue weighted by atomic mass is 35.5. The van der Waals surface area contributed by atoms with E-state index in [1.165, 1.54) is 6.42 Å². The lowest BCUT2D eigenvalue weighted by atomic mass is 10.2. The number of aryl methyl sites for hydroxylation is 1. The lowest BCUT2D eigenvalue weighted by molar-refractivity contribution is 0.779. The fourth-order valence-electron chi connectivity index (χ4n) is 1.44. The minimum Gasteiger partial charge on any atom is -0.226 e. The minimum absolute atomic E-state index is 0.695. The predicted octanol–water partition coefficient (Wildman–Crippen LogP) is 4.28. The molecule has 18 heavy (non-hydrogen) atoms. The topological polar surface area (TPSA) is 38.1 Å². The van der Waals surface area contributed by atoms with E-state index in [4.69, 9.17) is 11.6 Å². The van der Waals surface area contributed by atoms with Crippen LogP contribution >= 0.6 is 22.9 Å². The number of halogens is 1. The largest absolute Gasteiger partial charge is 0.231 e. The van der Waals surface area contributed by atoms with Crippen molar-refractivity contribution in [2.24, 2.45) is 4.99 Å². The molecule has 1 aromatic carbocycles. The molecular weight excluding hydrogens is 266 g/mol. The number of hydrogen-bond acceptors (Lipinski definition) is 4. The van der Waals surface area contributed by atoms with Crippen molar-refractivity contribution < 1.29 is 0 Å². The maximum Gasteiger partial charge on any atom is 0.231 e. The Morgan fingerprint density at radius 2 is 2.28 bits per heavy atom. The number of benzene rings is 1. The summed E-state index contributed by atoms with van der Waals surface area (Å²) in [5, 5.41) is 10.6. The molecule has 5 heteroatoms. The van der Waals surface area contributed by atoms with Gasteiger partial charge in [0.15, 0.2) is 0 Å². The van der Waals surface area contributed by atoms with Crippen LogP contribution in [0.15, 0.2) is 29.3 Å². The molecule has 0 N–H and O–H groups in total. The fourth-order valence-corrected chi connectivity index (χ4v) is 2.37. The van der Waals surface area contributed by atoms with Crippen molar-refractivity contribution in [2.75, 3.05) is 0 Å². The Kier molecular flexibility index (Phi) is 4.84. The van der Waals surface area contributed by atoms with Crippen LogP contribution in [0.2, 0.25) is 5.02 Å². The van der Waals surface area contributed by atoms with Crippen molar-refractivity contribution in [3.05, 3.63) is 39.9 Å². The highest BCUT2D eigenvalue weighted by molar-refractivity contribution is 7.14. The summed E-state index contributed by atoms with van der Waals surface area (Å²) in [6, 6.07) is 7.56. The van der Waals surface area contributed by atoms with E-state index >= 15 is 0 Å². The molecular formula is C13H14ClN3S. The van der Waals surface area contributed by atoms with Crippen LogP contribution in [-0.4, -0.2) is 16.4 Å². The number of unbranched alkanes of at least 4 members (excludes halogenated alkanes) is 1. The third-order valence-electron chi connectivity index (χ3n) is 2.37. The summed E-state index contributed by atoms with van der Waals surface area (Å²) >= 11 is 7.44. The summed E-state index contributed by atoms with van der Waals surface area (Å²) in [5.41, 5.74) is 0.966. The quantitative estimate of drug-likeness (QED) is 0.766. The van der Waals surface area contributed by atoms with Crippen LogP contribution < -0.4 is 0 Å². The monoisotopic (exact) mass is 279 g/mol. The molecule has 0 radical (unpaired) electrons. The van der Waals surface area contributed by atoms with Crippen molar-refractivity contribution in [3.63, 3.8) is 0 Å². The van der Waals surface area contributed by atoms with Gasteiger partial charge in [-0.25, -0.2) is 4.99 Å². The van der Waals surface area contributed by atoms with Crippen molar-refractivity contribution >= 4 is 34.3 Å². The Morgan fingerprint density at radius 3 is 3.06 bits per heavy atom. The molecule has 0 unspecified atom stereocenters.